The Morgan fingerprint density at radius 1 is 1.61 bits per heavy atom. The van der Waals surface area contributed by atoms with Crippen LogP contribution in [0.2, 0.25) is 0 Å². The summed E-state index contributed by atoms with van der Waals surface area (Å²) in [7, 11) is 0. The molecule has 2 heterocycles. The Kier molecular flexibility index (Phi) is 3.34. The van der Waals surface area contributed by atoms with Crippen LogP contribution in [-0.2, 0) is 4.74 Å². The maximum atomic E-state index is 11.6. The monoisotopic (exact) mass is 252 g/mol. The van der Waals surface area contributed by atoms with Crippen LogP contribution >= 0.6 is 0 Å². The van der Waals surface area contributed by atoms with Crippen LogP contribution in [0, 0.1) is 12.3 Å². The number of H-pyrrole nitrogens is 1. The second kappa shape index (κ2) is 4.78. The van der Waals surface area contributed by atoms with Crippen molar-refractivity contribution in [1.82, 2.24) is 9.55 Å². The first-order valence-corrected chi connectivity index (χ1v) is 5.33. The summed E-state index contributed by atoms with van der Waals surface area (Å²) < 4.78 is 6.33. The minimum atomic E-state index is -0.960. The van der Waals surface area contributed by atoms with Gasteiger partial charge in [0.05, 0.1) is 12.7 Å². The molecule has 1 aromatic heterocycles. The second-order valence-electron chi connectivity index (χ2n) is 3.99. The smallest absolute Gasteiger partial charge is 0.330 e. The first-order chi connectivity index (χ1) is 8.56. The summed E-state index contributed by atoms with van der Waals surface area (Å²) in [6, 6.07) is 0. The molecule has 1 aliphatic heterocycles. The molecule has 18 heavy (non-hydrogen) atoms. The lowest BCUT2D eigenvalue weighted by Gasteiger charge is -2.17. The minimum Gasteiger partial charge on any atom is -0.394 e. The van der Waals surface area contributed by atoms with Crippen LogP contribution in [0.15, 0.2) is 15.8 Å². The van der Waals surface area contributed by atoms with E-state index in [9.17, 15) is 14.7 Å². The highest BCUT2D eigenvalue weighted by atomic mass is 16.5. The fourth-order valence-electron chi connectivity index (χ4n) is 1.87. The van der Waals surface area contributed by atoms with Crippen LogP contribution in [-0.4, -0.2) is 38.6 Å². The molecule has 1 aliphatic rings. The van der Waals surface area contributed by atoms with E-state index in [1.165, 1.54) is 0 Å². The van der Waals surface area contributed by atoms with E-state index in [2.05, 4.69) is 5.92 Å². The molecule has 0 saturated carbocycles. The van der Waals surface area contributed by atoms with Gasteiger partial charge in [-0.25, -0.2) is 4.79 Å². The van der Waals surface area contributed by atoms with Crippen LogP contribution in [0.25, 0.3) is 0 Å². The van der Waals surface area contributed by atoms with Crippen LogP contribution in [0.4, 0.5) is 0 Å². The number of nitrogens with one attached hydrogen (secondary N) is 1. The third kappa shape index (κ3) is 2.09. The van der Waals surface area contributed by atoms with Gasteiger partial charge in [-0.15, -0.1) is 6.42 Å². The molecule has 0 aromatic carbocycles. The lowest BCUT2D eigenvalue weighted by atomic mass is 10.2. The molecular weight excluding hydrogens is 240 g/mol. The van der Waals surface area contributed by atoms with Crippen molar-refractivity contribution in [1.29, 1.82) is 0 Å². The predicted molar refractivity (Wildman–Crippen MR) is 60.9 cm³/mol. The van der Waals surface area contributed by atoms with Crippen LogP contribution in [0.5, 0.6) is 0 Å². The molecule has 0 amide bonds. The molecule has 0 spiro atoms. The Balaban J connectivity index is 2.43. The van der Waals surface area contributed by atoms with Gasteiger partial charge in [0.25, 0.3) is 5.56 Å². The van der Waals surface area contributed by atoms with Gasteiger partial charge in [0.15, 0.2) is 6.23 Å². The van der Waals surface area contributed by atoms with Crippen molar-refractivity contribution < 1.29 is 14.9 Å². The van der Waals surface area contributed by atoms with Crippen molar-refractivity contribution in [3.05, 3.63) is 32.6 Å². The van der Waals surface area contributed by atoms with Gasteiger partial charge in [0.2, 0.25) is 0 Å². The highest BCUT2D eigenvalue weighted by molar-refractivity contribution is 5.26. The maximum absolute atomic E-state index is 11.6. The van der Waals surface area contributed by atoms with Crippen LogP contribution < -0.4 is 11.2 Å². The zero-order valence-corrected chi connectivity index (χ0v) is 9.37. The topological polar surface area (TPSA) is 105 Å². The molecule has 0 unspecified atom stereocenters. The molecule has 1 saturated heterocycles. The van der Waals surface area contributed by atoms with Gasteiger partial charge in [-0.1, -0.05) is 5.92 Å². The van der Waals surface area contributed by atoms with Crippen LogP contribution in [0.3, 0.4) is 0 Å². The summed E-state index contributed by atoms with van der Waals surface area (Å²) in [6.45, 7) is -0.256. The molecule has 7 nitrogen and oxygen atoms in total. The Bertz CT molecular complexity index is 597. The van der Waals surface area contributed by atoms with E-state index >= 15 is 0 Å². The summed E-state index contributed by atoms with van der Waals surface area (Å²) in [4.78, 5) is 25.0. The quantitative estimate of drug-likeness (QED) is 0.536. The van der Waals surface area contributed by atoms with Gasteiger partial charge in [0.1, 0.15) is 11.7 Å². The number of aliphatic hydroxyl groups is 2. The zero-order valence-electron chi connectivity index (χ0n) is 9.37. The average Bonchev–Trinajstić information content (AvgIpc) is 2.71. The molecule has 7 heteroatoms. The molecule has 1 fully saturated rings. The van der Waals surface area contributed by atoms with Crippen molar-refractivity contribution in [2.45, 2.75) is 24.9 Å². The zero-order chi connectivity index (χ0) is 13.3. The van der Waals surface area contributed by atoms with E-state index in [1.807, 2.05) is 4.98 Å². The van der Waals surface area contributed by atoms with Gasteiger partial charge in [-0.3, -0.25) is 14.3 Å². The van der Waals surface area contributed by atoms with E-state index < -0.39 is 29.7 Å². The van der Waals surface area contributed by atoms with Gasteiger partial charge in [-0.2, -0.15) is 0 Å². The van der Waals surface area contributed by atoms with Crippen molar-refractivity contribution in [2.75, 3.05) is 6.61 Å². The Morgan fingerprint density at radius 2 is 2.33 bits per heavy atom. The SMILES string of the molecule is C#Cc1cn([C@@H]2O[C@H](CO)C[C@H]2O)c(=O)[nH]c1=O. The summed E-state index contributed by atoms with van der Waals surface area (Å²) in [5.41, 5.74) is -1.41. The Hall–Kier alpha value is -1.88. The Morgan fingerprint density at radius 3 is 2.89 bits per heavy atom. The Labute approximate surface area is 102 Å². The molecule has 2 rings (SSSR count). The minimum absolute atomic E-state index is 0.0298. The van der Waals surface area contributed by atoms with Gasteiger partial charge >= 0.3 is 5.69 Å². The first-order valence-electron chi connectivity index (χ1n) is 5.33. The molecular formula is C11H12N2O5. The third-order valence-electron chi connectivity index (χ3n) is 2.77. The molecule has 96 valence electrons. The van der Waals surface area contributed by atoms with Gasteiger partial charge in [0, 0.05) is 12.6 Å². The van der Waals surface area contributed by atoms with Crippen LogP contribution in [0.1, 0.15) is 18.2 Å². The third-order valence-corrected chi connectivity index (χ3v) is 2.77. The summed E-state index contributed by atoms with van der Waals surface area (Å²) >= 11 is 0. The molecule has 0 aliphatic carbocycles. The van der Waals surface area contributed by atoms with Crippen molar-refractivity contribution in [3.8, 4) is 12.3 Å². The highest BCUT2D eigenvalue weighted by Gasteiger charge is 2.35. The van der Waals surface area contributed by atoms with Gasteiger partial charge in [-0.05, 0) is 0 Å². The number of aliphatic hydroxyl groups excluding tert-OH is 2. The van der Waals surface area contributed by atoms with Crippen molar-refractivity contribution in [3.63, 3.8) is 0 Å². The average molecular weight is 252 g/mol. The fourth-order valence-corrected chi connectivity index (χ4v) is 1.87. The predicted octanol–water partition coefficient (Wildman–Crippen LogP) is -1.84. The number of ether oxygens (including phenoxy) is 1. The number of aromatic nitrogens is 2. The number of hydrogen-bond donors (Lipinski definition) is 3. The normalized spacial score (nSPS) is 27.1. The second-order valence-corrected chi connectivity index (χ2v) is 3.99. The fraction of sp³-hybridized carbons (Fsp3) is 0.455. The summed E-state index contributed by atoms with van der Waals surface area (Å²) in [5, 5.41) is 18.7. The lowest BCUT2D eigenvalue weighted by molar-refractivity contribution is -0.0531. The summed E-state index contributed by atoms with van der Waals surface area (Å²) in [5.74, 6) is 2.14. The van der Waals surface area contributed by atoms with Crippen molar-refractivity contribution >= 4 is 0 Å². The van der Waals surface area contributed by atoms with E-state index in [1.54, 1.807) is 0 Å². The van der Waals surface area contributed by atoms with Crippen molar-refractivity contribution in [2.24, 2.45) is 0 Å². The van der Waals surface area contributed by atoms with E-state index in [-0.39, 0.29) is 18.6 Å². The molecule has 1 aromatic rings. The first kappa shape index (κ1) is 12.6. The highest BCUT2D eigenvalue weighted by Crippen LogP contribution is 2.27. The standard InChI is InChI=1S/C11H12N2O5/c1-2-6-4-13(11(17)12-9(6)16)10-8(15)3-7(5-14)18-10/h1,4,7-8,10,14-15H,3,5H2,(H,12,16,17)/t7-,8+,10+/m0/s1. The molecule has 0 bridgehead atoms. The number of aromatic amines is 1. The maximum Gasteiger partial charge on any atom is 0.330 e. The van der Waals surface area contributed by atoms with E-state index in [4.69, 9.17) is 16.3 Å². The lowest BCUT2D eigenvalue weighted by Crippen LogP contribution is -2.36. The number of rotatable bonds is 2. The molecule has 0 radical (unpaired) electrons. The number of terminal acetylenes is 1. The number of nitrogens with zero attached hydrogens (tertiary/aromatic N) is 1. The largest absolute Gasteiger partial charge is 0.394 e. The van der Waals surface area contributed by atoms with E-state index in [0.29, 0.717) is 0 Å². The van der Waals surface area contributed by atoms with Gasteiger partial charge < -0.3 is 14.9 Å². The molecule has 3 N–H and O–H groups in total. The molecule has 3 atom stereocenters. The number of hydrogen-bond acceptors (Lipinski definition) is 5. The van der Waals surface area contributed by atoms with E-state index in [0.717, 1.165) is 10.8 Å². The summed E-state index contributed by atoms with van der Waals surface area (Å²) in [6.07, 6.45) is 4.04.